The summed E-state index contributed by atoms with van der Waals surface area (Å²) in [6.07, 6.45) is 6.73. The van der Waals surface area contributed by atoms with E-state index in [0.29, 0.717) is 6.61 Å². The summed E-state index contributed by atoms with van der Waals surface area (Å²) in [5.41, 5.74) is 2.27. The molecular weight excluding hydrogens is 290 g/mol. The molecule has 2 atom stereocenters. The number of amides is 1. The third-order valence-electron chi connectivity index (χ3n) is 4.87. The van der Waals surface area contributed by atoms with Gasteiger partial charge in [0.15, 0.2) is 0 Å². The molecule has 23 heavy (non-hydrogen) atoms. The molecule has 1 fully saturated rings. The second-order valence-corrected chi connectivity index (χ2v) is 6.46. The molecule has 0 saturated carbocycles. The normalized spacial score (nSPS) is 23.4. The second-order valence-electron chi connectivity index (χ2n) is 6.46. The van der Waals surface area contributed by atoms with E-state index in [1.54, 1.807) is 4.68 Å². The van der Waals surface area contributed by atoms with Crippen molar-refractivity contribution in [3.63, 3.8) is 0 Å². The molecule has 1 aromatic heterocycles. The number of likely N-dealkylation sites (tertiary alicyclic amines) is 1. The lowest BCUT2D eigenvalue weighted by molar-refractivity contribution is -0.137. The fourth-order valence-corrected chi connectivity index (χ4v) is 3.71. The van der Waals surface area contributed by atoms with E-state index in [-0.39, 0.29) is 17.9 Å². The quantitative estimate of drug-likeness (QED) is 0.855. The lowest BCUT2D eigenvalue weighted by Gasteiger charge is -2.31. The summed E-state index contributed by atoms with van der Waals surface area (Å²) in [7, 11) is 1.91. The smallest absolute Gasteiger partial charge is 0.229 e. The molecule has 2 aromatic rings. The van der Waals surface area contributed by atoms with Gasteiger partial charge >= 0.3 is 0 Å². The Kier molecular flexibility index (Phi) is 3.56. The fraction of sp³-hybridized carbons (Fsp3) is 0.444. The standard InChI is InChI=1S/C18H21N3O2/c1-20-11-15(10-19-20)16-6-4-8-21(16)18(22)14-9-13-5-2-3-7-17(13)23-12-14/h2-3,5,7,10-11,14,16H,4,6,8-9,12H2,1H3/t14-,16+/m0/s1. The van der Waals surface area contributed by atoms with Crippen LogP contribution >= 0.6 is 0 Å². The summed E-state index contributed by atoms with van der Waals surface area (Å²) in [6.45, 7) is 1.31. The minimum absolute atomic E-state index is 0.0813. The topological polar surface area (TPSA) is 47.4 Å². The van der Waals surface area contributed by atoms with Gasteiger partial charge in [-0.05, 0) is 30.9 Å². The number of aromatic nitrogens is 2. The number of hydrogen-bond acceptors (Lipinski definition) is 3. The largest absolute Gasteiger partial charge is 0.492 e. The van der Waals surface area contributed by atoms with E-state index in [4.69, 9.17) is 4.74 Å². The van der Waals surface area contributed by atoms with Crippen molar-refractivity contribution < 1.29 is 9.53 Å². The molecule has 5 heteroatoms. The Hall–Kier alpha value is -2.30. The molecule has 0 N–H and O–H groups in total. The number of carbonyl (C=O) groups excluding carboxylic acids is 1. The molecule has 120 valence electrons. The summed E-state index contributed by atoms with van der Waals surface area (Å²) >= 11 is 0. The number of para-hydroxylation sites is 1. The number of nitrogens with zero attached hydrogens (tertiary/aromatic N) is 3. The Bertz CT molecular complexity index is 725. The summed E-state index contributed by atoms with van der Waals surface area (Å²) in [6, 6.07) is 8.17. The van der Waals surface area contributed by atoms with Crippen molar-refractivity contribution in [2.24, 2.45) is 13.0 Å². The molecule has 5 nitrogen and oxygen atoms in total. The first-order valence-corrected chi connectivity index (χ1v) is 8.22. The van der Waals surface area contributed by atoms with E-state index < -0.39 is 0 Å². The molecule has 2 aliphatic heterocycles. The number of aryl methyl sites for hydroxylation is 1. The third-order valence-corrected chi connectivity index (χ3v) is 4.87. The van der Waals surface area contributed by atoms with Crippen molar-refractivity contribution in [1.29, 1.82) is 0 Å². The van der Waals surface area contributed by atoms with E-state index in [9.17, 15) is 4.79 Å². The van der Waals surface area contributed by atoms with Gasteiger partial charge < -0.3 is 9.64 Å². The van der Waals surface area contributed by atoms with Crippen LogP contribution in [0, 0.1) is 5.92 Å². The van der Waals surface area contributed by atoms with Crippen LogP contribution in [-0.4, -0.2) is 33.7 Å². The van der Waals surface area contributed by atoms with E-state index in [2.05, 4.69) is 11.2 Å². The second kappa shape index (κ2) is 5.72. The number of hydrogen-bond donors (Lipinski definition) is 0. The molecule has 2 aliphatic rings. The van der Waals surface area contributed by atoms with Crippen molar-refractivity contribution in [3.05, 3.63) is 47.8 Å². The highest BCUT2D eigenvalue weighted by Gasteiger charge is 2.36. The van der Waals surface area contributed by atoms with Gasteiger partial charge in [-0.2, -0.15) is 5.10 Å². The van der Waals surface area contributed by atoms with E-state index >= 15 is 0 Å². The first-order chi connectivity index (χ1) is 11.2. The van der Waals surface area contributed by atoms with Gasteiger partial charge in [-0.3, -0.25) is 9.48 Å². The Morgan fingerprint density at radius 2 is 2.22 bits per heavy atom. The SMILES string of the molecule is Cn1cc([C@H]2CCCN2C(=O)[C@@H]2COc3ccccc3C2)cn1. The zero-order valence-corrected chi connectivity index (χ0v) is 13.3. The van der Waals surface area contributed by atoms with E-state index in [0.717, 1.165) is 42.7 Å². The molecule has 0 spiro atoms. The van der Waals surface area contributed by atoms with Crippen molar-refractivity contribution in [1.82, 2.24) is 14.7 Å². The number of carbonyl (C=O) groups is 1. The number of ether oxygens (including phenoxy) is 1. The molecule has 0 radical (unpaired) electrons. The van der Waals surface area contributed by atoms with Crippen LogP contribution in [0.2, 0.25) is 0 Å². The molecule has 1 amide bonds. The Labute approximate surface area is 135 Å². The minimum atomic E-state index is -0.0813. The van der Waals surface area contributed by atoms with Gasteiger partial charge in [-0.25, -0.2) is 0 Å². The Morgan fingerprint density at radius 3 is 3.04 bits per heavy atom. The summed E-state index contributed by atoms with van der Waals surface area (Å²) in [5.74, 6) is 1.05. The van der Waals surface area contributed by atoms with E-state index in [1.165, 1.54) is 0 Å². The monoisotopic (exact) mass is 311 g/mol. The highest BCUT2D eigenvalue weighted by Crippen LogP contribution is 2.35. The Morgan fingerprint density at radius 1 is 1.35 bits per heavy atom. The van der Waals surface area contributed by atoms with Crippen LogP contribution in [0.3, 0.4) is 0 Å². The van der Waals surface area contributed by atoms with Crippen molar-refractivity contribution in [2.45, 2.75) is 25.3 Å². The van der Waals surface area contributed by atoms with Crippen LogP contribution in [-0.2, 0) is 18.3 Å². The van der Waals surface area contributed by atoms with Crippen LogP contribution < -0.4 is 4.74 Å². The third kappa shape index (κ3) is 2.60. The van der Waals surface area contributed by atoms with Gasteiger partial charge in [0, 0.05) is 25.4 Å². The van der Waals surface area contributed by atoms with Crippen molar-refractivity contribution in [2.75, 3.05) is 13.2 Å². The molecule has 4 rings (SSSR count). The molecular formula is C18H21N3O2. The van der Waals surface area contributed by atoms with Gasteiger partial charge in [-0.15, -0.1) is 0 Å². The van der Waals surface area contributed by atoms with Gasteiger partial charge in [0.05, 0.1) is 18.2 Å². The van der Waals surface area contributed by atoms with Crippen LogP contribution in [0.5, 0.6) is 5.75 Å². The summed E-state index contributed by atoms with van der Waals surface area (Å²) in [4.78, 5) is 15.0. The maximum atomic E-state index is 13.0. The molecule has 0 bridgehead atoms. The fourth-order valence-electron chi connectivity index (χ4n) is 3.71. The van der Waals surface area contributed by atoms with Crippen LogP contribution in [0.4, 0.5) is 0 Å². The van der Waals surface area contributed by atoms with Crippen LogP contribution in [0.1, 0.15) is 30.0 Å². The highest BCUT2D eigenvalue weighted by atomic mass is 16.5. The average Bonchev–Trinajstić information content (AvgIpc) is 3.22. The first kappa shape index (κ1) is 14.3. The molecule has 1 aromatic carbocycles. The number of rotatable bonds is 2. The highest BCUT2D eigenvalue weighted by molar-refractivity contribution is 5.80. The lowest BCUT2D eigenvalue weighted by atomic mass is 9.95. The van der Waals surface area contributed by atoms with Crippen molar-refractivity contribution in [3.8, 4) is 5.75 Å². The van der Waals surface area contributed by atoms with Gasteiger partial charge in [0.1, 0.15) is 12.4 Å². The van der Waals surface area contributed by atoms with Crippen molar-refractivity contribution >= 4 is 5.91 Å². The predicted molar refractivity (Wildman–Crippen MR) is 86.0 cm³/mol. The number of benzene rings is 1. The van der Waals surface area contributed by atoms with Crippen LogP contribution in [0.15, 0.2) is 36.7 Å². The van der Waals surface area contributed by atoms with Gasteiger partial charge in [-0.1, -0.05) is 18.2 Å². The molecule has 3 heterocycles. The van der Waals surface area contributed by atoms with Crippen LogP contribution in [0.25, 0.3) is 0 Å². The number of fused-ring (bicyclic) bond motifs is 1. The average molecular weight is 311 g/mol. The lowest BCUT2D eigenvalue weighted by Crippen LogP contribution is -2.40. The zero-order valence-electron chi connectivity index (χ0n) is 13.3. The summed E-state index contributed by atoms with van der Waals surface area (Å²) < 4.78 is 7.60. The van der Waals surface area contributed by atoms with Gasteiger partial charge in [0.2, 0.25) is 5.91 Å². The Balaban J connectivity index is 1.52. The van der Waals surface area contributed by atoms with Gasteiger partial charge in [0.25, 0.3) is 0 Å². The predicted octanol–water partition coefficient (Wildman–Crippen LogP) is 2.33. The summed E-state index contributed by atoms with van der Waals surface area (Å²) in [5, 5.41) is 4.25. The molecule has 0 unspecified atom stereocenters. The van der Waals surface area contributed by atoms with E-state index in [1.807, 2.05) is 42.5 Å². The maximum Gasteiger partial charge on any atom is 0.229 e. The molecule has 0 aliphatic carbocycles. The minimum Gasteiger partial charge on any atom is -0.492 e. The zero-order chi connectivity index (χ0) is 15.8. The molecule has 1 saturated heterocycles. The maximum absolute atomic E-state index is 13.0. The first-order valence-electron chi connectivity index (χ1n) is 8.22.